The van der Waals surface area contributed by atoms with Crippen LogP contribution in [-0.4, -0.2) is 41.8 Å². The molecule has 0 radical (unpaired) electrons. The molecule has 1 saturated heterocycles. The Kier molecular flexibility index (Phi) is 3.18. The molecule has 5 nitrogen and oxygen atoms in total. The monoisotopic (exact) mass is 251 g/mol. The van der Waals surface area contributed by atoms with E-state index in [1.807, 2.05) is 0 Å². The summed E-state index contributed by atoms with van der Waals surface area (Å²) in [5.74, 6) is -1.53. The lowest BCUT2D eigenvalue weighted by Crippen LogP contribution is -2.52. The summed E-state index contributed by atoms with van der Waals surface area (Å²) in [5.41, 5.74) is 6.64. The maximum atomic E-state index is 13.1. The van der Waals surface area contributed by atoms with Crippen molar-refractivity contribution in [3.63, 3.8) is 0 Å². The molecular formula is C12H14FN3O2. The van der Waals surface area contributed by atoms with E-state index in [0.717, 1.165) is 0 Å². The number of halogens is 1. The molecule has 1 aromatic rings. The largest absolute Gasteiger partial charge is 0.398 e. The van der Waals surface area contributed by atoms with Gasteiger partial charge in [0, 0.05) is 32.4 Å². The summed E-state index contributed by atoms with van der Waals surface area (Å²) in [6, 6.07) is 3.99. The van der Waals surface area contributed by atoms with E-state index in [2.05, 4.69) is 0 Å². The van der Waals surface area contributed by atoms with Gasteiger partial charge in [-0.2, -0.15) is 0 Å². The molecule has 0 unspecified atom stereocenters. The lowest BCUT2D eigenvalue weighted by Gasteiger charge is -2.31. The number of anilines is 1. The highest BCUT2D eigenvalue weighted by molar-refractivity contribution is 6.35. The first-order chi connectivity index (χ1) is 8.49. The van der Waals surface area contributed by atoms with Crippen LogP contribution in [0.2, 0.25) is 0 Å². The zero-order valence-electron chi connectivity index (χ0n) is 10.0. The number of amides is 2. The number of nitrogen functional groups attached to an aromatic ring is 1. The van der Waals surface area contributed by atoms with Gasteiger partial charge in [-0.1, -0.05) is 0 Å². The number of hydrogen-bond donors (Lipinski definition) is 1. The Morgan fingerprint density at radius 3 is 2.72 bits per heavy atom. The smallest absolute Gasteiger partial charge is 0.312 e. The van der Waals surface area contributed by atoms with E-state index in [1.165, 1.54) is 28.0 Å². The van der Waals surface area contributed by atoms with Gasteiger partial charge in [-0.05, 0) is 23.8 Å². The van der Waals surface area contributed by atoms with Crippen molar-refractivity contribution in [1.82, 2.24) is 9.80 Å². The van der Waals surface area contributed by atoms with Crippen molar-refractivity contribution in [1.29, 1.82) is 0 Å². The Morgan fingerprint density at radius 1 is 1.28 bits per heavy atom. The summed E-state index contributed by atoms with van der Waals surface area (Å²) in [5, 5.41) is 0. The first-order valence-electron chi connectivity index (χ1n) is 5.57. The fourth-order valence-corrected chi connectivity index (χ4v) is 1.84. The molecular weight excluding hydrogens is 237 g/mol. The van der Waals surface area contributed by atoms with Gasteiger partial charge in [-0.25, -0.2) is 4.39 Å². The number of benzene rings is 1. The summed E-state index contributed by atoms with van der Waals surface area (Å²) < 4.78 is 13.1. The van der Waals surface area contributed by atoms with Gasteiger partial charge in [0.15, 0.2) is 0 Å². The van der Waals surface area contributed by atoms with Crippen LogP contribution < -0.4 is 5.73 Å². The van der Waals surface area contributed by atoms with Crippen molar-refractivity contribution in [2.24, 2.45) is 0 Å². The third kappa shape index (κ3) is 2.27. The summed E-state index contributed by atoms with van der Waals surface area (Å²) >= 11 is 0. The molecule has 6 heteroatoms. The molecule has 96 valence electrons. The Morgan fingerprint density at radius 2 is 2.00 bits per heavy atom. The van der Waals surface area contributed by atoms with Gasteiger partial charge in [0.05, 0.1) is 0 Å². The number of nitrogens with zero attached hydrogens (tertiary/aromatic N) is 2. The van der Waals surface area contributed by atoms with Gasteiger partial charge in [-0.15, -0.1) is 0 Å². The average Bonchev–Trinajstić information content (AvgIpc) is 2.34. The van der Waals surface area contributed by atoms with Crippen molar-refractivity contribution in [2.45, 2.75) is 6.54 Å². The molecule has 18 heavy (non-hydrogen) atoms. The zero-order chi connectivity index (χ0) is 13.3. The molecule has 1 aliphatic heterocycles. The fraction of sp³-hybridized carbons (Fsp3) is 0.333. The molecule has 2 N–H and O–H groups in total. The van der Waals surface area contributed by atoms with E-state index >= 15 is 0 Å². The topological polar surface area (TPSA) is 66.6 Å². The van der Waals surface area contributed by atoms with E-state index in [9.17, 15) is 14.0 Å². The predicted molar refractivity (Wildman–Crippen MR) is 63.9 cm³/mol. The number of rotatable bonds is 2. The standard InChI is InChI=1S/C12H14FN3O2/c1-15-4-5-16(12(18)11(15)17)7-8-6-9(13)2-3-10(8)14/h2-3,6H,4-5,7,14H2,1H3. The fourth-order valence-electron chi connectivity index (χ4n) is 1.84. The molecule has 0 spiro atoms. The van der Waals surface area contributed by atoms with Crippen LogP contribution in [0.3, 0.4) is 0 Å². The number of likely N-dealkylation sites (N-methyl/N-ethyl adjacent to an activating group) is 1. The molecule has 0 aromatic heterocycles. The molecule has 0 bridgehead atoms. The molecule has 0 aliphatic carbocycles. The second-order valence-corrected chi connectivity index (χ2v) is 4.30. The van der Waals surface area contributed by atoms with Gasteiger partial charge in [0.1, 0.15) is 5.82 Å². The number of nitrogens with two attached hydrogens (primary N) is 1. The van der Waals surface area contributed by atoms with Crippen LogP contribution in [0.15, 0.2) is 18.2 Å². The van der Waals surface area contributed by atoms with Gasteiger partial charge in [0.25, 0.3) is 0 Å². The van der Waals surface area contributed by atoms with Crippen LogP contribution in [0.25, 0.3) is 0 Å². The maximum absolute atomic E-state index is 13.1. The van der Waals surface area contributed by atoms with Crippen LogP contribution >= 0.6 is 0 Å². The van der Waals surface area contributed by atoms with E-state index < -0.39 is 17.6 Å². The molecule has 1 aromatic carbocycles. The lowest BCUT2D eigenvalue weighted by molar-refractivity contribution is -0.155. The van der Waals surface area contributed by atoms with Crippen molar-refractivity contribution >= 4 is 17.5 Å². The Labute approximate surface area is 104 Å². The second-order valence-electron chi connectivity index (χ2n) is 4.30. The van der Waals surface area contributed by atoms with E-state index in [1.54, 1.807) is 7.05 Å². The van der Waals surface area contributed by atoms with E-state index in [-0.39, 0.29) is 6.54 Å². The minimum atomic E-state index is -0.576. The predicted octanol–water partition coefficient (Wildman–Crippen LogP) is 0.208. The van der Waals surface area contributed by atoms with Crippen molar-refractivity contribution < 1.29 is 14.0 Å². The molecule has 1 aliphatic rings. The molecule has 0 atom stereocenters. The van der Waals surface area contributed by atoms with Crippen molar-refractivity contribution in [2.75, 3.05) is 25.9 Å². The lowest BCUT2D eigenvalue weighted by atomic mass is 10.1. The van der Waals surface area contributed by atoms with Crippen molar-refractivity contribution in [3.05, 3.63) is 29.6 Å². The van der Waals surface area contributed by atoms with Crippen molar-refractivity contribution in [3.8, 4) is 0 Å². The third-order valence-electron chi connectivity index (χ3n) is 2.99. The minimum Gasteiger partial charge on any atom is -0.398 e. The molecule has 2 amide bonds. The third-order valence-corrected chi connectivity index (χ3v) is 2.99. The highest BCUT2D eigenvalue weighted by Crippen LogP contribution is 2.17. The van der Waals surface area contributed by atoms with Gasteiger partial charge < -0.3 is 15.5 Å². The summed E-state index contributed by atoms with van der Waals surface area (Å²) in [7, 11) is 1.58. The number of carbonyl (C=O) groups excluding carboxylic acids is 2. The van der Waals surface area contributed by atoms with E-state index in [4.69, 9.17) is 5.73 Å². The molecule has 1 fully saturated rings. The van der Waals surface area contributed by atoms with Gasteiger partial charge in [0.2, 0.25) is 0 Å². The minimum absolute atomic E-state index is 0.155. The Bertz CT molecular complexity index is 504. The van der Waals surface area contributed by atoms with Crippen LogP contribution in [-0.2, 0) is 16.1 Å². The van der Waals surface area contributed by atoms with Crippen LogP contribution in [0.1, 0.15) is 5.56 Å². The van der Waals surface area contributed by atoms with Gasteiger partial charge in [-0.3, -0.25) is 9.59 Å². The highest BCUT2D eigenvalue weighted by atomic mass is 19.1. The van der Waals surface area contributed by atoms with E-state index in [0.29, 0.717) is 24.3 Å². The Balaban J connectivity index is 2.17. The number of carbonyl (C=O) groups is 2. The Hall–Kier alpha value is -2.11. The molecule has 1 heterocycles. The normalized spacial score (nSPS) is 16.3. The SMILES string of the molecule is CN1CCN(Cc2cc(F)ccc2N)C(=O)C1=O. The van der Waals surface area contributed by atoms with Crippen LogP contribution in [0.5, 0.6) is 0 Å². The number of piperazine rings is 1. The number of hydrogen-bond acceptors (Lipinski definition) is 3. The quantitative estimate of drug-likeness (QED) is 0.603. The molecule has 0 saturated carbocycles. The highest BCUT2D eigenvalue weighted by Gasteiger charge is 2.30. The summed E-state index contributed by atoms with van der Waals surface area (Å²) in [6.45, 7) is 1.05. The van der Waals surface area contributed by atoms with Crippen LogP contribution in [0.4, 0.5) is 10.1 Å². The first-order valence-corrected chi connectivity index (χ1v) is 5.57. The second kappa shape index (κ2) is 4.64. The zero-order valence-corrected chi connectivity index (χ0v) is 10.0. The summed E-state index contributed by atoms with van der Waals surface area (Å²) in [4.78, 5) is 26.0. The van der Waals surface area contributed by atoms with Crippen LogP contribution in [0, 0.1) is 5.82 Å². The average molecular weight is 251 g/mol. The molecule has 2 rings (SSSR count). The maximum Gasteiger partial charge on any atom is 0.312 e. The van der Waals surface area contributed by atoms with Gasteiger partial charge >= 0.3 is 11.8 Å². The first kappa shape index (κ1) is 12.3. The summed E-state index contributed by atoms with van der Waals surface area (Å²) in [6.07, 6.45) is 0.